The van der Waals surface area contributed by atoms with Gasteiger partial charge in [-0.2, -0.15) is 0 Å². The number of carboxylic acid groups (broad SMARTS) is 1. The lowest BCUT2D eigenvalue weighted by Gasteiger charge is -2.13. The van der Waals surface area contributed by atoms with Gasteiger partial charge in [-0.15, -0.1) is 0 Å². The molecule has 0 aliphatic carbocycles. The van der Waals surface area contributed by atoms with Crippen molar-refractivity contribution < 1.29 is 19.5 Å². The molecule has 108 valence electrons. The normalized spacial score (nSPS) is 11.7. The number of pyridine rings is 1. The Balaban J connectivity index is 2.79. The summed E-state index contributed by atoms with van der Waals surface area (Å²) in [4.78, 5) is 44.8. The molecular formula is C12H15N3O5. The molecule has 4 N–H and O–H groups in total. The highest BCUT2D eigenvalue weighted by Crippen LogP contribution is 2.01. The Bertz CT molecular complexity index is 593. The van der Waals surface area contributed by atoms with Gasteiger partial charge < -0.3 is 20.7 Å². The summed E-state index contributed by atoms with van der Waals surface area (Å²) in [5.41, 5.74) is 4.60. The molecular weight excluding hydrogens is 266 g/mol. The zero-order valence-electron chi connectivity index (χ0n) is 10.8. The summed E-state index contributed by atoms with van der Waals surface area (Å²) >= 11 is 0. The van der Waals surface area contributed by atoms with E-state index in [1.54, 1.807) is 0 Å². The van der Waals surface area contributed by atoms with Gasteiger partial charge in [0.25, 0.3) is 11.5 Å². The molecule has 2 amide bonds. The number of hydrogen-bond acceptors (Lipinski definition) is 4. The van der Waals surface area contributed by atoms with Crippen LogP contribution >= 0.6 is 0 Å². The number of carboxylic acids is 1. The van der Waals surface area contributed by atoms with Crippen LogP contribution in [0.25, 0.3) is 0 Å². The fraction of sp³-hybridized carbons (Fsp3) is 0.333. The van der Waals surface area contributed by atoms with Crippen molar-refractivity contribution in [1.29, 1.82) is 0 Å². The summed E-state index contributed by atoms with van der Waals surface area (Å²) in [7, 11) is 1.52. The van der Waals surface area contributed by atoms with E-state index in [4.69, 9.17) is 10.8 Å². The average molecular weight is 281 g/mol. The van der Waals surface area contributed by atoms with Crippen LogP contribution in [-0.2, 0) is 16.6 Å². The highest BCUT2D eigenvalue weighted by Gasteiger charge is 2.21. The van der Waals surface area contributed by atoms with Crippen molar-refractivity contribution in [2.75, 3.05) is 0 Å². The molecule has 1 heterocycles. The lowest BCUT2D eigenvalue weighted by Crippen LogP contribution is -2.41. The minimum atomic E-state index is -1.27. The van der Waals surface area contributed by atoms with E-state index in [2.05, 4.69) is 5.32 Å². The number of nitrogens with one attached hydrogen (secondary N) is 1. The first kappa shape index (κ1) is 15.4. The van der Waals surface area contributed by atoms with E-state index in [1.165, 1.54) is 23.9 Å². The Morgan fingerprint density at radius 2 is 2.10 bits per heavy atom. The predicted octanol–water partition coefficient (Wildman–Crippen LogP) is -1.17. The van der Waals surface area contributed by atoms with E-state index in [0.29, 0.717) is 0 Å². The van der Waals surface area contributed by atoms with Crippen LogP contribution in [-0.4, -0.2) is 33.5 Å². The summed E-state index contributed by atoms with van der Waals surface area (Å²) < 4.78 is 1.28. The number of carbonyl (C=O) groups is 3. The van der Waals surface area contributed by atoms with Crippen LogP contribution in [0.2, 0.25) is 0 Å². The van der Waals surface area contributed by atoms with Gasteiger partial charge in [0, 0.05) is 31.3 Å². The van der Waals surface area contributed by atoms with Gasteiger partial charge in [0.05, 0.1) is 0 Å². The minimum Gasteiger partial charge on any atom is -0.480 e. The van der Waals surface area contributed by atoms with Crippen molar-refractivity contribution in [2.45, 2.75) is 18.9 Å². The van der Waals surface area contributed by atoms with Crippen LogP contribution in [0.5, 0.6) is 0 Å². The topological polar surface area (TPSA) is 131 Å². The Labute approximate surface area is 114 Å². The highest BCUT2D eigenvalue weighted by atomic mass is 16.4. The van der Waals surface area contributed by atoms with Gasteiger partial charge in [-0.05, 0) is 12.5 Å². The third-order valence-corrected chi connectivity index (χ3v) is 2.65. The Hall–Kier alpha value is -2.64. The molecule has 0 radical (unpaired) electrons. The molecule has 0 saturated heterocycles. The zero-order chi connectivity index (χ0) is 15.3. The van der Waals surface area contributed by atoms with Gasteiger partial charge in [0.1, 0.15) is 6.04 Å². The van der Waals surface area contributed by atoms with Crippen molar-refractivity contribution in [2.24, 2.45) is 12.8 Å². The SMILES string of the molecule is Cn1ccc(C(=O)NC(CCC(N)=O)C(=O)O)cc1=O. The van der Waals surface area contributed by atoms with Gasteiger partial charge in [0.2, 0.25) is 5.91 Å². The standard InChI is InChI=1S/C12H15N3O5/c1-15-5-4-7(6-10(15)17)11(18)14-8(12(19)20)2-3-9(13)16/h4-6,8H,2-3H2,1H3,(H2,13,16)(H,14,18)(H,19,20). The third kappa shape index (κ3) is 4.23. The van der Waals surface area contributed by atoms with Crippen molar-refractivity contribution in [3.8, 4) is 0 Å². The fourth-order valence-corrected chi connectivity index (χ4v) is 1.48. The van der Waals surface area contributed by atoms with Crippen molar-refractivity contribution in [3.05, 3.63) is 34.2 Å². The van der Waals surface area contributed by atoms with Gasteiger partial charge >= 0.3 is 5.97 Å². The number of rotatable bonds is 6. The summed E-state index contributed by atoms with van der Waals surface area (Å²) in [6.07, 6.45) is 1.13. The highest BCUT2D eigenvalue weighted by molar-refractivity contribution is 5.96. The number of nitrogens with two attached hydrogens (primary N) is 1. The maximum Gasteiger partial charge on any atom is 0.326 e. The molecule has 1 unspecified atom stereocenters. The summed E-state index contributed by atoms with van der Waals surface area (Å²) in [6.45, 7) is 0. The monoisotopic (exact) mass is 281 g/mol. The number of aromatic nitrogens is 1. The van der Waals surface area contributed by atoms with Gasteiger partial charge in [-0.1, -0.05) is 0 Å². The van der Waals surface area contributed by atoms with E-state index in [0.717, 1.165) is 6.07 Å². The molecule has 0 fully saturated rings. The lowest BCUT2D eigenvalue weighted by atomic mass is 10.1. The van der Waals surface area contributed by atoms with Crippen LogP contribution in [0.3, 0.4) is 0 Å². The molecule has 1 aromatic rings. The van der Waals surface area contributed by atoms with E-state index in [-0.39, 0.29) is 24.0 Å². The minimum absolute atomic E-state index is 0.0541. The maximum absolute atomic E-state index is 11.8. The third-order valence-electron chi connectivity index (χ3n) is 2.65. The fourth-order valence-electron chi connectivity index (χ4n) is 1.48. The van der Waals surface area contributed by atoms with Gasteiger partial charge in [-0.25, -0.2) is 4.79 Å². The van der Waals surface area contributed by atoms with Crippen LogP contribution < -0.4 is 16.6 Å². The predicted molar refractivity (Wildman–Crippen MR) is 69.0 cm³/mol. The second kappa shape index (κ2) is 6.50. The molecule has 0 saturated carbocycles. The van der Waals surface area contributed by atoms with Crippen molar-refractivity contribution >= 4 is 17.8 Å². The Morgan fingerprint density at radius 3 is 2.60 bits per heavy atom. The van der Waals surface area contributed by atoms with E-state index in [1.807, 2.05) is 0 Å². The number of carbonyl (C=O) groups excluding carboxylic acids is 2. The first-order valence-corrected chi connectivity index (χ1v) is 5.80. The number of aliphatic carboxylic acids is 1. The first-order valence-electron chi connectivity index (χ1n) is 5.80. The van der Waals surface area contributed by atoms with E-state index in [9.17, 15) is 19.2 Å². The summed E-state index contributed by atoms with van der Waals surface area (Å²) in [5.74, 6) is -2.62. The summed E-state index contributed by atoms with van der Waals surface area (Å²) in [6, 6.07) is 1.26. The Kier molecular flexibility index (Phi) is 5.01. The number of primary amides is 1. The second-order valence-corrected chi connectivity index (χ2v) is 4.23. The van der Waals surface area contributed by atoms with Crippen molar-refractivity contribution in [3.63, 3.8) is 0 Å². The largest absolute Gasteiger partial charge is 0.480 e. The average Bonchev–Trinajstić information content (AvgIpc) is 2.36. The molecule has 0 aromatic carbocycles. The molecule has 0 spiro atoms. The molecule has 0 bridgehead atoms. The maximum atomic E-state index is 11.8. The molecule has 0 aliphatic heterocycles. The van der Waals surface area contributed by atoms with E-state index >= 15 is 0 Å². The molecule has 20 heavy (non-hydrogen) atoms. The molecule has 1 rings (SSSR count). The Morgan fingerprint density at radius 1 is 1.45 bits per heavy atom. The van der Waals surface area contributed by atoms with Gasteiger partial charge in [0.15, 0.2) is 0 Å². The summed E-state index contributed by atoms with van der Waals surface area (Å²) in [5, 5.41) is 11.2. The molecule has 8 nitrogen and oxygen atoms in total. The molecule has 1 aromatic heterocycles. The smallest absolute Gasteiger partial charge is 0.326 e. The van der Waals surface area contributed by atoms with Gasteiger partial charge in [-0.3, -0.25) is 14.4 Å². The quantitative estimate of drug-likeness (QED) is 0.604. The zero-order valence-corrected chi connectivity index (χ0v) is 10.8. The van der Waals surface area contributed by atoms with Crippen molar-refractivity contribution in [1.82, 2.24) is 9.88 Å². The first-order chi connectivity index (χ1) is 9.31. The van der Waals surface area contributed by atoms with E-state index < -0.39 is 23.8 Å². The molecule has 1 atom stereocenters. The number of nitrogens with zero attached hydrogens (tertiary/aromatic N) is 1. The number of amides is 2. The van der Waals surface area contributed by atoms with Crippen LogP contribution in [0.4, 0.5) is 0 Å². The molecule has 8 heteroatoms. The van der Waals surface area contributed by atoms with Crippen LogP contribution in [0.15, 0.2) is 23.1 Å². The van der Waals surface area contributed by atoms with Crippen LogP contribution in [0, 0.1) is 0 Å². The number of aryl methyl sites for hydroxylation is 1. The molecule has 0 aliphatic rings. The number of hydrogen-bond donors (Lipinski definition) is 3. The second-order valence-electron chi connectivity index (χ2n) is 4.23. The lowest BCUT2D eigenvalue weighted by molar-refractivity contribution is -0.139. The van der Waals surface area contributed by atoms with Crippen LogP contribution in [0.1, 0.15) is 23.2 Å².